The third-order valence-electron chi connectivity index (χ3n) is 5.34. The van der Waals surface area contributed by atoms with Crippen LogP contribution in [-0.2, 0) is 14.4 Å². The number of aliphatic hydroxyl groups is 1. The molecule has 1 heterocycles. The molecule has 172 valence electrons. The minimum Gasteiger partial charge on any atom is -0.507 e. The van der Waals surface area contributed by atoms with Crippen LogP contribution in [0, 0.1) is 10.1 Å². The van der Waals surface area contributed by atoms with E-state index >= 15 is 0 Å². The molecule has 2 aromatic carbocycles. The fraction of sp³-hybridized carbons (Fsp3) is 0.261. The molecule has 1 saturated heterocycles. The first kappa shape index (κ1) is 24.1. The zero-order chi connectivity index (χ0) is 24.1. The van der Waals surface area contributed by atoms with E-state index in [-0.39, 0.29) is 30.0 Å². The molecule has 1 aliphatic heterocycles. The molecule has 10 heteroatoms. The van der Waals surface area contributed by atoms with Gasteiger partial charge in [0, 0.05) is 35.1 Å². The highest BCUT2D eigenvalue weighted by atomic mass is 79.9. The molecule has 1 amide bonds. The SMILES string of the molecule is O=C(O)CCCCCN1C(=O)C(=O)/C(=C(/O)c2ccc(Br)cc2)[C@H]1c1cccc([N+](=O)[O-])c1. The standard InChI is InChI=1S/C23H21BrN2O7/c24-16-10-8-14(9-11-16)21(29)19-20(15-5-4-6-17(13-15)26(32)33)25(23(31)22(19)30)12-3-1-2-7-18(27)28/h4-6,8-11,13,20,29H,1-3,7,12H2,(H,27,28)/b21-19+/t20-/m1/s1. The number of nitrogens with zero attached hydrogens (tertiary/aromatic N) is 2. The van der Waals surface area contributed by atoms with Gasteiger partial charge in [0.05, 0.1) is 16.5 Å². The van der Waals surface area contributed by atoms with E-state index in [1.54, 1.807) is 30.3 Å². The number of carbonyl (C=O) groups excluding carboxylic acids is 2. The lowest BCUT2D eigenvalue weighted by Crippen LogP contribution is -2.30. The Morgan fingerprint density at radius 3 is 2.39 bits per heavy atom. The van der Waals surface area contributed by atoms with Gasteiger partial charge in [0.25, 0.3) is 17.4 Å². The summed E-state index contributed by atoms with van der Waals surface area (Å²) in [5.41, 5.74) is 0.303. The Balaban J connectivity index is 2.02. The van der Waals surface area contributed by atoms with Crippen LogP contribution in [-0.4, -0.2) is 44.2 Å². The highest BCUT2D eigenvalue weighted by molar-refractivity contribution is 9.10. The van der Waals surface area contributed by atoms with Crippen molar-refractivity contribution in [3.05, 3.63) is 79.8 Å². The summed E-state index contributed by atoms with van der Waals surface area (Å²) in [5.74, 6) is -2.98. The number of nitro groups is 1. The minimum atomic E-state index is -1.01. The minimum absolute atomic E-state index is 0.00328. The van der Waals surface area contributed by atoms with Crippen LogP contribution in [0.2, 0.25) is 0 Å². The lowest BCUT2D eigenvalue weighted by atomic mass is 9.95. The summed E-state index contributed by atoms with van der Waals surface area (Å²) >= 11 is 3.30. The molecule has 0 aliphatic carbocycles. The Morgan fingerprint density at radius 2 is 1.76 bits per heavy atom. The van der Waals surface area contributed by atoms with E-state index in [0.29, 0.717) is 30.4 Å². The molecule has 0 bridgehead atoms. The summed E-state index contributed by atoms with van der Waals surface area (Å²) in [4.78, 5) is 48.5. The lowest BCUT2D eigenvalue weighted by molar-refractivity contribution is -0.384. The molecule has 0 unspecified atom stereocenters. The quantitative estimate of drug-likeness (QED) is 0.125. The Bertz CT molecular complexity index is 1130. The number of hydrogen-bond acceptors (Lipinski definition) is 6. The normalized spacial score (nSPS) is 17.4. The Labute approximate surface area is 197 Å². The van der Waals surface area contributed by atoms with Crippen molar-refractivity contribution in [2.45, 2.75) is 31.7 Å². The van der Waals surface area contributed by atoms with E-state index in [9.17, 15) is 29.6 Å². The van der Waals surface area contributed by atoms with Crippen molar-refractivity contribution in [1.82, 2.24) is 4.90 Å². The number of carboxylic acids is 1. The van der Waals surface area contributed by atoms with E-state index in [0.717, 1.165) is 4.47 Å². The van der Waals surface area contributed by atoms with Crippen molar-refractivity contribution in [2.75, 3.05) is 6.54 Å². The van der Waals surface area contributed by atoms with Crippen LogP contribution in [0.3, 0.4) is 0 Å². The number of carboxylic acid groups (broad SMARTS) is 1. The number of halogens is 1. The third kappa shape index (κ3) is 5.46. The van der Waals surface area contributed by atoms with E-state index in [1.165, 1.54) is 23.1 Å². The first-order valence-electron chi connectivity index (χ1n) is 10.2. The first-order valence-corrected chi connectivity index (χ1v) is 11.0. The van der Waals surface area contributed by atoms with Crippen molar-refractivity contribution in [1.29, 1.82) is 0 Å². The molecule has 2 N–H and O–H groups in total. The van der Waals surface area contributed by atoms with Crippen molar-refractivity contribution < 1.29 is 29.5 Å². The van der Waals surface area contributed by atoms with Crippen LogP contribution in [0.4, 0.5) is 5.69 Å². The second-order valence-electron chi connectivity index (χ2n) is 7.56. The van der Waals surface area contributed by atoms with E-state index in [1.807, 2.05) is 0 Å². The topological polar surface area (TPSA) is 138 Å². The highest BCUT2D eigenvalue weighted by Crippen LogP contribution is 2.40. The van der Waals surface area contributed by atoms with Crippen molar-refractivity contribution in [3.8, 4) is 0 Å². The summed E-state index contributed by atoms with van der Waals surface area (Å²) < 4.78 is 0.760. The number of amides is 1. The molecule has 3 rings (SSSR count). The van der Waals surface area contributed by atoms with Crippen LogP contribution in [0.25, 0.3) is 5.76 Å². The van der Waals surface area contributed by atoms with Crippen LogP contribution >= 0.6 is 15.9 Å². The number of aliphatic hydroxyl groups excluding tert-OH is 1. The number of hydrogen-bond donors (Lipinski definition) is 2. The monoisotopic (exact) mass is 516 g/mol. The number of Topliss-reactive ketones (excluding diaryl/α,β-unsaturated/α-hetero) is 1. The highest BCUT2D eigenvalue weighted by Gasteiger charge is 2.46. The van der Waals surface area contributed by atoms with Crippen LogP contribution in [0.5, 0.6) is 0 Å². The van der Waals surface area contributed by atoms with Gasteiger partial charge in [0.15, 0.2) is 0 Å². The van der Waals surface area contributed by atoms with Gasteiger partial charge in [-0.05, 0) is 30.5 Å². The summed E-state index contributed by atoms with van der Waals surface area (Å²) in [6, 6.07) is 11.1. The zero-order valence-corrected chi connectivity index (χ0v) is 19.0. The molecule has 33 heavy (non-hydrogen) atoms. The number of benzene rings is 2. The zero-order valence-electron chi connectivity index (χ0n) is 17.4. The molecule has 9 nitrogen and oxygen atoms in total. The molecule has 0 spiro atoms. The number of ketones is 1. The molecule has 1 atom stereocenters. The molecular weight excluding hydrogens is 496 g/mol. The lowest BCUT2D eigenvalue weighted by Gasteiger charge is -2.25. The van der Waals surface area contributed by atoms with Gasteiger partial charge in [-0.1, -0.05) is 46.6 Å². The number of carbonyl (C=O) groups is 3. The van der Waals surface area contributed by atoms with Crippen LogP contribution < -0.4 is 0 Å². The number of aliphatic carboxylic acids is 1. The Kier molecular flexibility index (Phi) is 7.59. The van der Waals surface area contributed by atoms with Gasteiger partial charge < -0.3 is 15.1 Å². The van der Waals surface area contributed by atoms with Crippen molar-refractivity contribution in [3.63, 3.8) is 0 Å². The molecule has 1 fully saturated rings. The fourth-order valence-electron chi connectivity index (χ4n) is 3.76. The first-order chi connectivity index (χ1) is 15.7. The average molecular weight is 517 g/mol. The number of nitro benzene ring substituents is 1. The molecular formula is C23H21BrN2O7. The number of non-ortho nitro benzene ring substituents is 1. The molecule has 0 aromatic heterocycles. The third-order valence-corrected chi connectivity index (χ3v) is 5.87. The maximum Gasteiger partial charge on any atom is 0.303 e. The van der Waals surface area contributed by atoms with Gasteiger partial charge in [0.1, 0.15) is 5.76 Å². The summed E-state index contributed by atoms with van der Waals surface area (Å²) in [5, 5.41) is 31.0. The Morgan fingerprint density at radius 1 is 1.06 bits per heavy atom. The fourth-order valence-corrected chi connectivity index (χ4v) is 4.03. The summed E-state index contributed by atoms with van der Waals surface area (Å²) in [6.07, 6.45) is 1.37. The Hall–Kier alpha value is -3.53. The van der Waals surface area contributed by atoms with Gasteiger partial charge in [-0.2, -0.15) is 0 Å². The van der Waals surface area contributed by atoms with Gasteiger partial charge in [-0.25, -0.2) is 0 Å². The molecule has 0 saturated carbocycles. The van der Waals surface area contributed by atoms with Crippen molar-refractivity contribution in [2.24, 2.45) is 0 Å². The van der Waals surface area contributed by atoms with Gasteiger partial charge >= 0.3 is 5.97 Å². The van der Waals surface area contributed by atoms with E-state index < -0.39 is 28.6 Å². The smallest absolute Gasteiger partial charge is 0.303 e. The molecule has 2 aromatic rings. The maximum atomic E-state index is 12.9. The largest absolute Gasteiger partial charge is 0.507 e. The second-order valence-corrected chi connectivity index (χ2v) is 8.47. The summed E-state index contributed by atoms with van der Waals surface area (Å²) in [6.45, 7) is 0.134. The maximum absolute atomic E-state index is 12.9. The predicted molar refractivity (Wildman–Crippen MR) is 122 cm³/mol. The number of unbranched alkanes of at least 4 members (excludes halogenated alkanes) is 2. The van der Waals surface area contributed by atoms with E-state index in [4.69, 9.17) is 5.11 Å². The van der Waals surface area contributed by atoms with E-state index in [2.05, 4.69) is 15.9 Å². The molecule has 1 aliphatic rings. The number of rotatable bonds is 9. The van der Waals surface area contributed by atoms with Crippen molar-refractivity contribution >= 4 is 45.0 Å². The average Bonchev–Trinajstić information content (AvgIpc) is 3.03. The predicted octanol–water partition coefficient (Wildman–Crippen LogP) is 4.42. The second kappa shape index (κ2) is 10.4. The van der Waals surface area contributed by atoms with Gasteiger partial charge in [0.2, 0.25) is 0 Å². The van der Waals surface area contributed by atoms with Gasteiger partial charge in [-0.3, -0.25) is 24.5 Å². The molecule has 0 radical (unpaired) electrons. The van der Waals surface area contributed by atoms with Crippen LogP contribution in [0.15, 0.2) is 58.6 Å². The number of likely N-dealkylation sites (tertiary alicyclic amines) is 1. The summed E-state index contributed by atoms with van der Waals surface area (Å²) in [7, 11) is 0. The van der Waals surface area contributed by atoms with Gasteiger partial charge in [-0.15, -0.1) is 0 Å². The van der Waals surface area contributed by atoms with Crippen LogP contribution in [0.1, 0.15) is 42.9 Å².